The smallest absolute Gasteiger partial charge is 0.335 e. The Hall–Kier alpha value is -1.84. The van der Waals surface area contributed by atoms with Crippen LogP contribution >= 0.6 is 0 Å². The van der Waals surface area contributed by atoms with Crippen LogP contribution in [-0.4, -0.2) is 17.0 Å². The van der Waals surface area contributed by atoms with E-state index in [2.05, 4.69) is 13.0 Å². The number of hydrogen-bond donors (Lipinski definition) is 2. The summed E-state index contributed by atoms with van der Waals surface area (Å²) in [5.74, 6) is 1.44. The fourth-order valence-corrected chi connectivity index (χ4v) is 6.06. The van der Waals surface area contributed by atoms with Crippen molar-refractivity contribution >= 4 is 11.9 Å². The van der Waals surface area contributed by atoms with Gasteiger partial charge in [-0.2, -0.15) is 0 Å². The van der Waals surface area contributed by atoms with E-state index in [-0.39, 0.29) is 5.91 Å². The number of nitrogens with two attached hydrogens (primary N) is 1. The highest BCUT2D eigenvalue weighted by Crippen LogP contribution is 2.60. The maximum atomic E-state index is 11.2. The second-order valence-corrected chi connectivity index (χ2v) is 9.29. The molecule has 0 aliphatic heterocycles. The lowest BCUT2D eigenvalue weighted by Crippen LogP contribution is -2.39. The van der Waals surface area contributed by atoms with Crippen molar-refractivity contribution in [1.82, 2.24) is 0 Å². The normalized spacial score (nSPS) is 30.3. The van der Waals surface area contributed by atoms with Crippen LogP contribution in [0.2, 0.25) is 0 Å². The van der Waals surface area contributed by atoms with Crippen LogP contribution in [0.4, 0.5) is 0 Å². The van der Waals surface area contributed by atoms with Gasteiger partial charge in [-0.1, -0.05) is 32.8 Å². The van der Waals surface area contributed by atoms with E-state index in [1.54, 1.807) is 0 Å². The van der Waals surface area contributed by atoms with Crippen LogP contribution in [0.5, 0.6) is 0 Å². The molecule has 4 nitrogen and oxygen atoms in total. The van der Waals surface area contributed by atoms with Gasteiger partial charge in [-0.3, -0.25) is 4.79 Å². The molecule has 3 aliphatic carbocycles. The summed E-state index contributed by atoms with van der Waals surface area (Å²) in [6.07, 6.45) is 11.8. The van der Waals surface area contributed by atoms with E-state index >= 15 is 0 Å². The van der Waals surface area contributed by atoms with Gasteiger partial charge in [0.05, 0.1) is 5.56 Å². The van der Waals surface area contributed by atoms with E-state index in [9.17, 15) is 14.7 Å². The summed E-state index contributed by atoms with van der Waals surface area (Å²) in [6, 6.07) is 5.86. The van der Waals surface area contributed by atoms with Crippen LogP contribution in [0, 0.1) is 17.3 Å². The number of rotatable bonds is 4. The summed E-state index contributed by atoms with van der Waals surface area (Å²) < 4.78 is 0. The number of carbonyl (C=O) groups excluding carboxylic acids is 1. The Bertz CT molecular complexity index is 729. The zero-order chi connectivity index (χ0) is 20.3. The standard InChI is InChI=1S/C19H24O2.C5H11NO/c1-19-9-2-3-17(19)16-7-4-12-11-13(18(20)21)5-6-14(12)15(16)8-10-19;1-2-3-4-5(6)7/h5-6,11,15-17H,2-4,7-10H2,1H3,(H,20,21);2-4H2,1H3,(H2,6,7)/t15?,16?,17?,19-;/m0./s1. The number of hydrogen-bond acceptors (Lipinski definition) is 2. The van der Waals surface area contributed by atoms with E-state index in [1.807, 2.05) is 19.1 Å². The second kappa shape index (κ2) is 8.67. The Morgan fingerprint density at radius 2 is 2.00 bits per heavy atom. The Balaban J connectivity index is 0.000000279. The number of carboxylic acid groups (broad SMARTS) is 1. The average Bonchev–Trinajstić information content (AvgIpc) is 3.08. The number of amides is 1. The molecule has 0 spiro atoms. The van der Waals surface area contributed by atoms with Crippen molar-refractivity contribution < 1.29 is 14.7 Å². The minimum absolute atomic E-state index is 0.193. The lowest BCUT2D eigenvalue weighted by molar-refractivity contribution is -0.118. The van der Waals surface area contributed by atoms with E-state index in [0.717, 1.165) is 31.1 Å². The van der Waals surface area contributed by atoms with Gasteiger partial charge in [0.1, 0.15) is 0 Å². The number of aromatic carboxylic acids is 1. The van der Waals surface area contributed by atoms with Crippen LogP contribution in [0.25, 0.3) is 0 Å². The SMILES string of the molecule is CCCCC(N)=O.C[C@@]12CCCC1C1CCc3cc(C(=O)O)ccc3C1CC2. The molecule has 4 heteroatoms. The zero-order valence-corrected chi connectivity index (χ0v) is 17.4. The van der Waals surface area contributed by atoms with Crippen LogP contribution in [0.1, 0.15) is 99.0 Å². The maximum absolute atomic E-state index is 11.2. The lowest BCUT2D eigenvalue weighted by atomic mass is 9.56. The highest BCUT2D eigenvalue weighted by Gasteiger charge is 2.50. The molecule has 3 N–H and O–H groups in total. The van der Waals surface area contributed by atoms with Crippen molar-refractivity contribution in [1.29, 1.82) is 0 Å². The number of fused-ring (bicyclic) bond motifs is 5. The van der Waals surface area contributed by atoms with Gasteiger partial charge in [-0.25, -0.2) is 4.79 Å². The van der Waals surface area contributed by atoms with Gasteiger partial charge >= 0.3 is 5.97 Å². The summed E-state index contributed by atoms with van der Waals surface area (Å²) in [7, 11) is 0. The zero-order valence-electron chi connectivity index (χ0n) is 17.4. The predicted octanol–water partition coefficient (Wildman–Crippen LogP) is 5.29. The van der Waals surface area contributed by atoms with Gasteiger partial charge in [0, 0.05) is 6.42 Å². The first-order chi connectivity index (χ1) is 13.4. The van der Waals surface area contributed by atoms with Gasteiger partial charge in [0.15, 0.2) is 0 Å². The van der Waals surface area contributed by atoms with Gasteiger partial charge < -0.3 is 10.8 Å². The van der Waals surface area contributed by atoms with E-state index in [0.29, 0.717) is 23.3 Å². The number of unbranched alkanes of at least 4 members (excludes halogenated alkanes) is 1. The first-order valence-corrected chi connectivity index (χ1v) is 11.0. The number of carbonyl (C=O) groups is 2. The molecule has 1 aromatic rings. The highest BCUT2D eigenvalue weighted by atomic mass is 16.4. The average molecular weight is 386 g/mol. The minimum Gasteiger partial charge on any atom is -0.478 e. The monoisotopic (exact) mass is 385 g/mol. The topological polar surface area (TPSA) is 80.4 Å². The molecule has 3 aliphatic rings. The van der Waals surface area contributed by atoms with E-state index in [4.69, 9.17) is 5.73 Å². The molecular formula is C24H35NO3. The molecular weight excluding hydrogens is 350 g/mol. The number of aryl methyl sites for hydroxylation is 1. The number of primary amides is 1. The van der Waals surface area contributed by atoms with Gasteiger partial charge in [0.2, 0.25) is 5.91 Å². The van der Waals surface area contributed by atoms with Crippen molar-refractivity contribution in [2.45, 2.75) is 84.0 Å². The molecule has 1 aromatic carbocycles. The fourth-order valence-electron chi connectivity index (χ4n) is 6.06. The molecule has 28 heavy (non-hydrogen) atoms. The van der Waals surface area contributed by atoms with Crippen molar-refractivity contribution in [3.05, 3.63) is 34.9 Å². The Morgan fingerprint density at radius 3 is 2.64 bits per heavy atom. The molecule has 0 radical (unpaired) electrons. The number of benzene rings is 1. The molecule has 154 valence electrons. The summed E-state index contributed by atoms with van der Waals surface area (Å²) in [4.78, 5) is 21.1. The van der Waals surface area contributed by atoms with Crippen LogP contribution in [-0.2, 0) is 11.2 Å². The van der Waals surface area contributed by atoms with Crippen LogP contribution in [0.3, 0.4) is 0 Å². The van der Waals surface area contributed by atoms with Crippen molar-refractivity contribution in [2.24, 2.45) is 23.0 Å². The third-order valence-electron chi connectivity index (χ3n) is 7.53. The van der Waals surface area contributed by atoms with E-state index < -0.39 is 5.97 Å². The van der Waals surface area contributed by atoms with Crippen LogP contribution < -0.4 is 5.73 Å². The van der Waals surface area contributed by atoms with Crippen molar-refractivity contribution in [3.8, 4) is 0 Å². The second-order valence-electron chi connectivity index (χ2n) is 9.29. The lowest BCUT2D eigenvalue weighted by Gasteiger charge is -2.49. The van der Waals surface area contributed by atoms with Crippen molar-refractivity contribution in [3.63, 3.8) is 0 Å². The third kappa shape index (κ3) is 4.26. The fraction of sp³-hybridized carbons (Fsp3) is 0.667. The molecule has 4 atom stereocenters. The van der Waals surface area contributed by atoms with Gasteiger partial charge in [-0.05, 0) is 91.4 Å². The molecule has 0 saturated heterocycles. The molecule has 0 aromatic heterocycles. The summed E-state index contributed by atoms with van der Waals surface area (Å²) >= 11 is 0. The number of carboxylic acids is 1. The summed E-state index contributed by atoms with van der Waals surface area (Å²) in [5.41, 5.74) is 8.66. The van der Waals surface area contributed by atoms with Crippen LogP contribution in [0.15, 0.2) is 18.2 Å². The molecule has 2 fully saturated rings. The third-order valence-corrected chi connectivity index (χ3v) is 7.53. The molecule has 2 saturated carbocycles. The highest BCUT2D eigenvalue weighted by molar-refractivity contribution is 5.88. The first-order valence-electron chi connectivity index (χ1n) is 11.0. The molecule has 4 rings (SSSR count). The summed E-state index contributed by atoms with van der Waals surface area (Å²) in [6.45, 7) is 4.55. The maximum Gasteiger partial charge on any atom is 0.335 e. The molecule has 3 unspecified atom stereocenters. The Kier molecular flexibility index (Phi) is 6.47. The largest absolute Gasteiger partial charge is 0.478 e. The first kappa shape index (κ1) is 20.9. The molecule has 0 bridgehead atoms. The van der Waals surface area contributed by atoms with E-state index in [1.165, 1.54) is 49.7 Å². The van der Waals surface area contributed by atoms with Gasteiger partial charge in [0.25, 0.3) is 0 Å². The Morgan fingerprint density at radius 1 is 1.21 bits per heavy atom. The predicted molar refractivity (Wildman–Crippen MR) is 111 cm³/mol. The van der Waals surface area contributed by atoms with Gasteiger partial charge in [-0.15, -0.1) is 0 Å². The minimum atomic E-state index is -0.799. The van der Waals surface area contributed by atoms with Crippen molar-refractivity contribution in [2.75, 3.05) is 0 Å². The quantitative estimate of drug-likeness (QED) is 0.738. The molecule has 1 amide bonds. The summed E-state index contributed by atoms with van der Waals surface area (Å²) in [5, 5.41) is 9.18. The molecule has 0 heterocycles. The Labute approximate surface area is 168 Å².